The highest BCUT2D eigenvalue weighted by Gasteiger charge is 2.21. The molecule has 1 aliphatic heterocycles. The van der Waals surface area contributed by atoms with Gasteiger partial charge in [-0.25, -0.2) is 14.2 Å². The van der Waals surface area contributed by atoms with Crippen LogP contribution in [-0.4, -0.2) is 53.7 Å². The predicted octanol–water partition coefficient (Wildman–Crippen LogP) is 3.12. The van der Waals surface area contributed by atoms with Crippen molar-refractivity contribution in [3.8, 4) is 5.69 Å². The van der Waals surface area contributed by atoms with Crippen LogP contribution in [-0.2, 0) is 11.3 Å². The first-order valence-electron chi connectivity index (χ1n) is 9.58. The summed E-state index contributed by atoms with van der Waals surface area (Å²) in [4.78, 5) is 20.6. The molecule has 0 unspecified atom stereocenters. The van der Waals surface area contributed by atoms with Gasteiger partial charge in [-0.05, 0) is 29.8 Å². The van der Waals surface area contributed by atoms with E-state index in [9.17, 15) is 9.18 Å². The Hall–Kier alpha value is -3.19. The number of imidazole rings is 1. The van der Waals surface area contributed by atoms with Crippen molar-refractivity contribution >= 4 is 11.9 Å². The van der Waals surface area contributed by atoms with Crippen LogP contribution in [0.25, 0.3) is 5.69 Å². The zero-order valence-corrected chi connectivity index (χ0v) is 16.3. The Morgan fingerprint density at radius 1 is 1.07 bits per heavy atom. The van der Waals surface area contributed by atoms with E-state index in [1.54, 1.807) is 41.2 Å². The molecule has 0 atom stereocenters. The molecule has 0 spiro atoms. The Bertz CT molecular complexity index is 978. The Morgan fingerprint density at radius 3 is 2.48 bits per heavy atom. The standard InChI is InChI=1S/C22H23FN4O2/c1-29-21(28)18-8-6-17(7-9-18)16-25-12-14-26(15-13-25)22-24-10-11-27(22)20-5-3-2-4-19(20)23/h2-11H,12-16H2,1H3. The lowest BCUT2D eigenvalue weighted by Crippen LogP contribution is -2.46. The molecule has 0 amide bonds. The number of ether oxygens (including phenoxy) is 1. The molecule has 1 saturated heterocycles. The number of halogens is 1. The number of benzene rings is 2. The molecule has 29 heavy (non-hydrogen) atoms. The molecule has 0 bridgehead atoms. The third-order valence-corrected chi connectivity index (χ3v) is 5.17. The van der Waals surface area contributed by atoms with Gasteiger partial charge in [-0.15, -0.1) is 0 Å². The minimum absolute atomic E-state index is 0.263. The lowest BCUT2D eigenvalue weighted by atomic mass is 10.1. The number of aromatic nitrogens is 2. The van der Waals surface area contributed by atoms with E-state index in [2.05, 4.69) is 14.8 Å². The van der Waals surface area contributed by atoms with Crippen LogP contribution in [0.2, 0.25) is 0 Å². The van der Waals surface area contributed by atoms with Crippen molar-refractivity contribution in [3.05, 3.63) is 77.9 Å². The van der Waals surface area contributed by atoms with Gasteiger partial charge in [0.15, 0.2) is 0 Å². The van der Waals surface area contributed by atoms with Crippen molar-refractivity contribution in [2.45, 2.75) is 6.54 Å². The number of carbonyl (C=O) groups excluding carboxylic acids is 1. The normalized spacial score (nSPS) is 14.8. The minimum atomic E-state index is -0.324. The molecular weight excluding hydrogens is 371 g/mol. The van der Waals surface area contributed by atoms with E-state index >= 15 is 0 Å². The first-order chi connectivity index (χ1) is 14.2. The van der Waals surface area contributed by atoms with Gasteiger partial charge in [0, 0.05) is 45.1 Å². The van der Waals surface area contributed by atoms with Crippen LogP contribution in [0, 0.1) is 5.82 Å². The van der Waals surface area contributed by atoms with Crippen molar-refractivity contribution in [3.63, 3.8) is 0 Å². The lowest BCUT2D eigenvalue weighted by molar-refractivity contribution is 0.0600. The highest BCUT2D eigenvalue weighted by Crippen LogP contribution is 2.22. The highest BCUT2D eigenvalue weighted by molar-refractivity contribution is 5.89. The predicted molar refractivity (Wildman–Crippen MR) is 109 cm³/mol. The van der Waals surface area contributed by atoms with E-state index in [4.69, 9.17) is 4.74 Å². The fraction of sp³-hybridized carbons (Fsp3) is 0.273. The number of nitrogens with zero attached hydrogens (tertiary/aromatic N) is 4. The van der Waals surface area contributed by atoms with E-state index in [0.717, 1.165) is 44.2 Å². The molecule has 0 aliphatic carbocycles. The molecule has 0 N–H and O–H groups in total. The van der Waals surface area contributed by atoms with Crippen molar-refractivity contribution in [1.82, 2.24) is 14.5 Å². The second kappa shape index (κ2) is 8.45. The number of methoxy groups -OCH3 is 1. The van der Waals surface area contributed by atoms with Gasteiger partial charge in [-0.3, -0.25) is 9.47 Å². The second-order valence-electron chi connectivity index (χ2n) is 7.00. The number of anilines is 1. The first-order valence-corrected chi connectivity index (χ1v) is 9.58. The summed E-state index contributed by atoms with van der Waals surface area (Å²) in [5.74, 6) is 0.175. The zero-order valence-electron chi connectivity index (χ0n) is 16.3. The Morgan fingerprint density at radius 2 is 1.79 bits per heavy atom. The molecule has 4 rings (SSSR count). The molecule has 1 aromatic heterocycles. The fourth-order valence-electron chi connectivity index (χ4n) is 3.59. The molecular formula is C22H23FN4O2. The number of hydrogen-bond donors (Lipinski definition) is 0. The molecule has 3 aromatic rings. The van der Waals surface area contributed by atoms with Gasteiger partial charge in [0.2, 0.25) is 5.95 Å². The number of para-hydroxylation sites is 1. The number of rotatable bonds is 5. The van der Waals surface area contributed by atoms with Crippen LogP contribution in [0.5, 0.6) is 0 Å². The molecule has 2 heterocycles. The van der Waals surface area contributed by atoms with Gasteiger partial charge in [0.25, 0.3) is 0 Å². The average Bonchev–Trinajstić information content (AvgIpc) is 3.24. The summed E-state index contributed by atoms with van der Waals surface area (Å²) in [7, 11) is 1.38. The Balaban J connectivity index is 1.39. The van der Waals surface area contributed by atoms with Gasteiger partial charge < -0.3 is 9.64 Å². The van der Waals surface area contributed by atoms with Crippen LogP contribution >= 0.6 is 0 Å². The Labute approximate surface area is 169 Å². The molecule has 6 nitrogen and oxygen atoms in total. The summed E-state index contributed by atoms with van der Waals surface area (Å²) < 4.78 is 20.7. The Kier molecular flexibility index (Phi) is 5.57. The van der Waals surface area contributed by atoms with Gasteiger partial charge in [0.05, 0.1) is 18.4 Å². The van der Waals surface area contributed by atoms with Crippen molar-refractivity contribution < 1.29 is 13.9 Å². The number of esters is 1. The number of carbonyl (C=O) groups is 1. The van der Waals surface area contributed by atoms with Gasteiger partial charge in [-0.1, -0.05) is 24.3 Å². The van der Waals surface area contributed by atoms with Gasteiger partial charge in [-0.2, -0.15) is 0 Å². The topological polar surface area (TPSA) is 50.6 Å². The van der Waals surface area contributed by atoms with Crippen LogP contribution in [0.3, 0.4) is 0 Å². The van der Waals surface area contributed by atoms with E-state index in [1.165, 1.54) is 13.2 Å². The quantitative estimate of drug-likeness (QED) is 0.623. The molecule has 1 aliphatic rings. The van der Waals surface area contributed by atoms with Crippen molar-refractivity contribution in [1.29, 1.82) is 0 Å². The van der Waals surface area contributed by atoms with E-state index < -0.39 is 0 Å². The zero-order chi connectivity index (χ0) is 20.2. The van der Waals surface area contributed by atoms with Crippen LogP contribution in [0.15, 0.2) is 60.9 Å². The average molecular weight is 394 g/mol. The maximum Gasteiger partial charge on any atom is 0.337 e. The third-order valence-electron chi connectivity index (χ3n) is 5.17. The molecule has 0 saturated carbocycles. The maximum absolute atomic E-state index is 14.2. The smallest absolute Gasteiger partial charge is 0.337 e. The van der Waals surface area contributed by atoms with Crippen LogP contribution in [0.1, 0.15) is 15.9 Å². The largest absolute Gasteiger partial charge is 0.465 e. The van der Waals surface area contributed by atoms with Crippen molar-refractivity contribution in [2.24, 2.45) is 0 Å². The van der Waals surface area contributed by atoms with E-state index in [1.807, 2.05) is 18.2 Å². The first kappa shape index (κ1) is 19.1. The summed E-state index contributed by atoms with van der Waals surface area (Å²) in [5.41, 5.74) is 2.22. The molecule has 7 heteroatoms. The maximum atomic E-state index is 14.2. The molecule has 0 radical (unpaired) electrons. The summed E-state index contributed by atoms with van der Waals surface area (Å²) in [6.07, 6.45) is 3.50. The number of hydrogen-bond acceptors (Lipinski definition) is 5. The number of piperazine rings is 1. The summed E-state index contributed by atoms with van der Waals surface area (Å²) in [5, 5.41) is 0. The second-order valence-corrected chi connectivity index (χ2v) is 7.00. The van der Waals surface area contributed by atoms with Crippen LogP contribution < -0.4 is 4.90 Å². The van der Waals surface area contributed by atoms with Crippen molar-refractivity contribution in [2.75, 3.05) is 38.2 Å². The van der Waals surface area contributed by atoms with Gasteiger partial charge >= 0.3 is 5.97 Å². The van der Waals surface area contributed by atoms with E-state index in [0.29, 0.717) is 11.3 Å². The molecule has 150 valence electrons. The lowest BCUT2D eigenvalue weighted by Gasteiger charge is -2.35. The monoisotopic (exact) mass is 394 g/mol. The summed E-state index contributed by atoms with van der Waals surface area (Å²) >= 11 is 0. The molecule has 1 fully saturated rings. The highest BCUT2D eigenvalue weighted by atomic mass is 19.1. The summed E-state index contributed by atoms with van der Waals surface area (Å²) in [6.45, 7) is 4.19. The summed E-state index contributed by atoms with van der Waals surface area (Å²) in [6, 6.07) is 14.2. The van der Waals surface area contributed by atoms with E-state index in [-0.39, 0.29) is 11.8 Å². The fourth-order valence-corrected chi connectivity index (χ4v) is 3.59. The van der Waals surface area contributed by atoms with Crippen LogP contribution in [0.4, 0.5) is 10.3 Å². The van der Waals surface area contributed by atoms with Gasteiger partial charge in [0.1, 0.15) is 5.82 Å². The SMILES string of the molecule is COC(=O)c1ccc(CN2CCN(c3nccn3-c3ccccc3F)CC2)cc1. The molecule has 2 aromatic carbocycles. The minimum Gasteiger partial charge on any atom is -0.465 e. The third kappa shape index (κ3) is 4.14.